The van der Waals surface area contributed by atoms with Crippen molar-refractivity contribution in [1.29, 1.82) is 0 Å². The number of benzene rings is 2. The van der Waals surface area contributed by atoms with Crippen molar-refractivity contribution in [2.45, 2.75) is 25.9 Å². The second-order valence-electron chi connectivity index (χ2n) is 6.48. The van der Waals surface area contributed by atoms with E-state index in [2.05, 4.69) is 10.3 Å². The van der Waals surface area contributed by atoms with E-state index in [0.717, 1.165) is 27.1 Å². The second-order valence-corrected chi connectivity index (χ2v) is 7.51. The molecule has 0 unspecified atom stereocenters. The Bertz CT molecular complexity index is 1030. The van der Waals surface area contributed by atoms with Crippen LogP contribution in [0, 0.1) is 0 Å². The number of aromatic nitrogens is 1. The van der Waals surface area contributed by atoms with Crippen LogP contribution in [0.5, 0.6) is 5.75 Å². The van der Waals surface area contributed by atoms with Crippen LogP contribution < -0.4 is 10.1 Å². The van der Waals surface area contributed by atoms with Gasteiger partial charge in [-0.25, -0.2) is 4.98 Å². The summed E-state index contributed by atoms with van der Waals surface area (Å²) < 4.78 is 6.16. The number of nitrogens with zero attached hydrogens (tertiary/aromatic N) is 2. The van der Waals surface area contributed by atoms with Gasteiger partial charge in [0.05, 0.1) is 17.3 Å². The molecule has 0 aliphatic carbocycles. The molecule has 1 aliphatic rings. The molecule has 1 aromatic heterocycles. The van der Waals surface area contributed by atoms with E-state index >= 15 is 0 Å². The van der Waals surface area contributed by atoms with E-state index in [-0.39, 0.29) is 11.8 Å². The van der Waals surface area contributed by atoms with E-state index in [0.29, 0.717) is 18.1 Å². The minimum atomic E-state index is -0.543. The molecular weight excluding hydrogens is 362 g/mol. The van der Waals surface area contributed by atoms with Gasteiger partial charge in [-0.2, -0.15) is 0 Å². The van der Waals surface area contributed by atoms with Gasteiger partial charge in [-0.15, -0.1) is 0 Å². The Morgan fingerprint density at radius 2 is 2.00 bits per heavy atom. The third-order valence-corrected chi connectivity index (χ3v) is 5.72. The average Bonchev–Trinajstić information content (AvgIpc) is 3.07. The molecule has 3 aromatic rings. The average molecular weight is 381 g/mol. The number of anilines is 1. The largest absolute Gasteiger partial charge is 0.497 e. The Hall–Kier alpha value is -2.93. The number of fused-ring (bicyclic) bond motifs is 2. The highest BCUT2D eigenvalue weighted by molar-refractivity contribution is 7.22. The van der Waals surface area contributed by atoms with Gasteiger partial charge in [0, 0.05) is 19.9 Å². The third-order valence-electron chi connectivity index (χ3n) is 4.78. The minimum absolute atomic E-state index is 0.112. The minimum Gasteiger partial charge on any atom is -0.497 e. The summed E-state index contributed by atoms with van der Waals surface area (Å²) in [4.78, 5) is 31.1. The lowest BCUT2D eigenvalue weighted by molar-refractivity contribution is -0.138. The van der Waals surface area contributed by atoms with Gasteiger partial charge in [0.15, 0.2) is 5.13 Å². The Balaban J connectivity index is 1.58. The first-order valence-electron chi connectivity index (χ1n) is 8.64. The maximum Gasteiger partial charge on any atom is 0.249 e. The molecule has 1 atom stereocenters. The summed E-state index contributed by atoms with van der Waals surface area (Å²) in [6, 6.07) is 13.0. The van der Waals surface area contributed by atoms with E-state index in [1.165, 1.54) is 18.3 Å². The summed E-state index contributed by atoms with van der Waals surface area (Å²) in [5, 5.41) is 3.41. The van der Waals surface area contributed by atoms with Crippen molar-refractivity contribution in [1.82, 2.24) is 9.88 Å². The number of rotatable bonds is 3. The molecule has 0 spiro atoms. The SMILES string of the molecule is COc1ccc2nc(NC(=O)[C@@H]3Cc4ccccc4CN3C(C)=O)sc2c1. The lowest BCUT2D eigenvalue weighted by Gasteiger charge is -2.35. The molecule has 0 saturated carbocycles. The van der Waals surface area contributed by atoms with Crippen LogP contribution in [0.15, 0.2) is 42.5 Å². The number of methoxy groups -OCH3 is 1. The first-order chi connectivity index (χ1) is 13.0. The van der Waals surface area contributed by atoms with Crippen molar-refractivity contribution in [3.63, 3.8) is 0 Å². The van der Waals surface area contributed by atoms with Crippen molar-refractivity contribution in [3.8, 4) is 5.75 Å². The van der Waals surface area contributed by atoms with E-state index in [1.807, 2.05) is 42.5 Å². The molecule has 2 aromatic carbocycles. The van der Waals surface area contributed by atoms with Gasteiger partial charge >= 0.3 is 0 Å². The van der Waals surface area contributed by atoms with Crippen molar-refractivity contribution in [2.75, 3.05) is 12.4 Å². The molecule has 4 rings (SSSR count). The number of carbonyl (C=O) groups excluding carboxylic acids is 2. The maximum absolute atomic E-state index is 12.9. The standard InChI is InChI=1S/C20H19N3O3S/c1-12(24)23-11-14-6-4-3-5-13(14)9-17(23)19(25)22-20-21-16-8-7-15(26-2)10-18(16)27-20/h3-8,10,17H,9,11H2,1-2H3,(H,21,22,25)/t17-/m0/s1. The van der Waals surface area contributed by atoms with Crippen LogP contribution in [0.2, 0.25) is 0 Å². The molecule has 7 heteroatoms. The van der Waals surface area contributed by atoms with Crippen LogP contribution in [0.25, 0.3) is 10.2 Å². The molecule has 27 heavy (non-hydrogen) atoms. The number of thiazole rings is 1. The summed E-state index contributed by atoms with van der Waals surface area (Å²) in [5.41, 5.74) is 2.99. The summed E-state index contributed by atoms with van der Waals surface area (Å²) >= 11 is 1.39. The number of carbonyl (C=O) groups is 2. The molecule has 138 valence electrons. The van der Waals surface area contributed by atoms with Gasteiger partial charge in [-0.1, -0.05) is 35.6 Å². The predicted octanol–water partition coefficient (Wildman–Crippen LogP) is 3.22. The molecule has 0 bridgehead atoms. The summed E-state index contributed by atoms with van der Waals surface area (Å²) in [5.74, 6) is 0.417. The third kappa shape index (κ3) is 3.38. The lowest BCUT2D eigenvalue weighted by atomic mass is 9.93. The summed E-state index contributed by atoms with van der Waals surface area (Å²) in [6.07, 6.45) is 0.500. The normalized spacial score (nSPS) is 16.1. The monoisotopic (exact) mass is 381 g/mol. The van der Waals surface area contributed by atoms with Crippen molar-refractivity contribution in [2.24, 2.45) is 0 Å². The van der Waals surface area contributed by atoms with E-state index in [4.69, 9.17) is 4.74 Å². The first-order valence-corrected chi connectivity index (χ1v) is 9.46. The Morgan fingerprint density at radius 3 is 2.74 bits per heavy atom. The second kappa shape index (κ2) is 7.00. The Morgan fingerprint density at radius 1 is 1.22 bits per heavy atom. The highest BCUT2D eigenvalue weighted by atomic mass is 32.1. The topological polar surface area (TPSA) is 71.5 Å². The predicted molar refractivity (Wildman–Crippen MR) is 105 cm³/mol. The first kappa shape index (κ1) is 17.5. The van der Waals surface area contributed by atoms with Gasteiger partial charge in [-0.05, 0) is 29.3 Å². The van der Waals surface area contributed by atoms with Crippen LogP contribution in [-0.2, 0) is 22.6 Å². The van der Waals surface area contributed by atoms with Gasteiger partial charge in [-0.3, -0.25) is 9.59 Å². The molecule has 2 heterocycles. The van der Waals surface area contributed by atoms with Crippen LogP contribution in [0.3, 0.4) is 0 Å². The van der Waals surface area contributed by atoms with E-state index in [9.17, 15) is 9.59 Å². The zero-order valence-electron chi connectivity index (χ0n) is 15.1. The molecule has 0 radical (unpaired) electrons. The fraction of sp³-hybridized carbons (Fsp3) is 0.250. The maximum atomic E-state index is 12.9. The zero-order chi connectivity index (χ0) is 19.0. The fourth-order valence-electron chi connectivity index (χ4n) is 3.36. The molecule has 1 N–H and O–H groups in total. The molecule has 1 aliphatic heterocycles. The Labute approximate surface area is 160 Å². The Kier molecular flexibility index (Phi) is 4.53. The highest BCUT2D eigenvalue weighted by Crippen LogP contribution is 2.30. The number of ether oxygens (including phenoxy) is 1. The van der Waals surface area contributed by atoms with Crippen LogP contribution in [-0.4, -0.2) is 34.8 Å². The molecule has 6 nitrogen and oxygen atoms in total. The van der Waals surface area contributed by atoms with Crippen molar-refractivity contribution < 1.29 is 14.3 Å². The van der Waals surface area contributed by atoms with Crippen molar-refractivity contribution >= 4 is 38.5 Å². The zero-order valence-corrected chi connectivity index (χ0v) is 15.9. The van der Waals surface area contributed by atoms with Gasteiger partial charge in [0.2, 0.25) is 11.8 Å². The molecular formula is C20H19N3O3S. The van der Waals surface area contributed by atoms with Crippen molar-refractivity contribution in [3.05, 3.63) is 53.6 Å². The van der Waals surface area contributed by atoms with Crippen LogP contribution >= 0.6 is 11.3 Å². The molecule has 0 fully saturated rings. The lowest BCUT2D eigenvalue weighted by Crippen LogP contribution is -2.49. The van der Waals surface area contributed by atoms with Crippen LogP contribution in [0.1, 0.15) is 18.1 Å². The van der Waals surface area contributed by atoms with Gasteiger partial charge < -0.3 is 15.0 Å². The molecule has 0 saturated heterocycles. The van der Waals surface area contributed by atoms with Gasteiger partial charge in [0.1, 0.15) is 11.8 Å². The van der Waals surface area contributed by atoms with E-state index in [1.54, 1.807) is 12.0 Å². The molecule has 2 amide bonds. The highest BCUT2D eigenvalue weighted by Gasteiger charge is 2.33. The fourth-order valence-corrected chi connectivity index (χ4v) is 4.26. The number of nitrogens with one attached hydrogen (secondary N) is 1. The summed E-state index contributed by atoms with van der Waals surface area (Å²) in [7, 11) is 1.61. The summed E-state index contributed by atoms with van der Waals surface area (Å²) in [6.45, 7) is 1.94. The number of hydrogen-bond acceptors (Lipinski definition) is 5. The number of amides is 2. The number of hydrogen-bond donors (Lipinski definition) is 1. The van der Waals surface area contributed by atoms with E-state index < -0.39 is 6.04 Å². The van der Waals surface area contributed by atoms with Gasteiger partial charge in [0.25, 0.3) is 0 Å². The quantitative estimate of drug-likeness (QED) is 0.756. The van der Waals surface area contributed by atoms with Crippen LogP contribution in [0.4, 0.5) is 5.13 Å². The smallest absolute Gasteiger partial charge is 0.249 e.